The Hall–Kier alpha value is -3.08. The first-order valence-electron chi connectivity index (χ1n) is 11.3. The number of ketones is 2. The summed E-state index contributed by atoms with van der Waals surface area (Å²) in [5.41, 5.74) is -6.51. The summed E-state index contributed by atoms with van der Waals surface area (Å²) in [6, 6.07) is 0. The zero-order chi connectivity index (χ0) is 25.9. The van der Waals surface area contributed by atoms with E-state index in [0.29, 0.717) is 0 Å². The molecular formula is C25H28O10. The number of aliphatic hydroxyl groups is 3. The molecule has 4 fully saturated rings. The third-order valence-electron chi connectivity index (χ3n) is 7.64. The third kappa shape index (κ3) is 3.27. The van der Waals surface area contributed by atoms with Gasteiger partial charge in [-0.3, -0.25) is 9.59 Å². The lowest BCUT2D eigenvalue weighted by Gasteiger charge is -2.61. The molecule has 35 heavy (non-hydrogen) atoms. The average molecular weight is 488 g/mol. The maximum Gasteiger partial charge on any atom is 0.340 e. The van der Waals surface area contributed by atoms with E-state index in [0.717, 1.165) is 0 Å². The molecule has 0 aromatic carbocycles. The standard InChI is InChI=1S/C25H28O10/c1-5-6-7-8-14(26)17-13-11-25(23(2,19(17)28)21(30)24(13,3)32)22(31)34-18-15(27)9-12(20(29)33-4)10-16(18)35-25/h5-9,13,15-16,18,26-27,32H,10-11H2,1-4H3. The summed E-state index contributed by atoms with van der Waals surface area (Å²) < 4.78 is 16.4. The number of esters is 2. The van der Waals surface area contributed by atoms with E-state index in [1.165, 1.54) is 39.2 Å². The van der Waals surface area contributed by atoms with E-state index in [-0.39, 0.29) is 24.0 Å². The van der Waals surface area contributed by atoms with Gasteiger partial charge in [-0.15, -0.1) is 0 Å². The van der Waals surface area contributed by atoms with Gasteiger partial charge in [0.1, 0.15) is 29.0 Å². The largest absolute Gasteiger partial charge is 0.508 e. The molecule has 0 radical (unpaired) electrons. The molecule has 5 aliphatic rings. The van der Waals surface area contributed by atoms with E-state index in [4.69, 9.17) is 14.2 Å². The van der Waals surface area contributed by atoms with Crippen molar-refractivity contribution < 1.29 is 48.7 Å². The maximum atomic E-state index is 13.7. The number of methoxy groups -OCH3 is 1. The Morgan fingerprint density at radius 3 is 2.54 bits per heavy atom. The van der Waals surface area contributed by atoms with E-state index >= 15 is 0 Å². The summed E-state index contributed by atoms with van der Waals surface area (Å²) in [6.07, 6.45) is 3.29. The zero-order valence-electron chi connectivity index (χ0n) is 19.8. The van der Waals surface area contributed by atoms with Crippen molar-refractivity contribution in [1.29, 1.82) is 0 Å². The quantitative estimate of drug-likeness (QED) is 0.170. The minimum absolute atomic E-state index is 0.0943. The average Bonchev–Trinajstić information content (AvgIpc) is 2.81. The molecular weight excluding hydrogens is 460 g/mol. The third-order valence-corrected chi connectivity index (χ3v) is 7.64. The molecule has 7 unspecified atom stereocenters. The highest BCUT2D eigenvalue weighted by atomic mass is 16.6. The van der Waals surface area contributed by atoms with E-state index < -0.39 is 70.1 Å². The number of carbonyl (C=O) groups excluding carboxylic acids is 4. The zero-order valence-corrected chi connectivity index (χ0v) is 19.8. The molecule has 7 atom stereocenters. The predicted molar refractivity (Wildman–Crippen MR) is 119 cm³/mol. The Bertz CT molecular complexity index is 1130. The first-order chi connectivity index (χ1) is 16.4. The van der Waals surface area contributed by atoms with Crippen LogP contribution in [0.15, 0.2) is 47.3 Å². The Labute approximate surface area is 201 Å². The van der Waals surface area contributed by atoms with Gasteiger partial charge in [0, 0.05) is 23.5 Å². The molecule has 4 aliphatic carbocycles. The minimum Gasteiger partial charge on any atom is -0.508 e. The molecule has 1 heterocycles. The molecule has 3 saturated carbocycles. The molecule has 10 nitrogen and oxygen atoms in total. The summed E-state index contributed by atoms with van der Waals surface area (Å²) in [5.74, 6) is -5.23. The van der Waals surface area contributed by atoms with Crippen LogP contribution in [0.2, 0.25) is 0 Å². The van der Waals surface area contributed by atoms with Gasteiger partial charge in [-0.1, -0.05) is 18.2 Å². The second-order valence-electron chi connectivity index (χ2n) is 9.60. The monoisotopic (exact) mass is 488 g/mol. The van der Waals surface area contributed by atoms with Crippen LogP contribution in [0, 0.1) is 11.3 Å². The second kappa shape index (κ2) is 8.25. The van der Waals surface area contributed by atoms with Crippen LogP contribution in [-0.4, -0.2) is 75.4 Å². The maximum absolute atomic E-state index is 13.7. The van der Waals surface area contributed by atoms with Crippen LogP contribution in [0.5, 0.6) is 0 Å². The van der Waals surface area contributed by atoms with Gasteiger partial charge in [0.05, 0.1) is 7.11 Å². The fourth-order valence-electron chi connectivity index (χ4n) is 5.72. The first kappa shape index (κ1) is 25.0. The number of carbonyl (C=O) groups is 4. The van der Waals surface area contributed by atoms with Crippen LogP contribution >= 0.6 is 0 Å². The topological polar surface area (TPSA) is 157 Å². The lowest BCUT2D eigenvalue weighted by atomic mass is 9.45. The number of hydrogen-bond acceptors (Lipinski definition) is 10. The molecule has 1 aliphatic heterocycles. The number of allylic oxidation sites excluding steroid dienone is 4. The minimum atomic E-state index is -2.23. The van der Waals surface area contributed by atoms with Gasteiger partial charge < -0.3 is 29.5 Å². The van der Waals surface area contributed by atoms with Crippen LogP contribution in [0.4, 0.5) is 0 Å². The molecule has 1 spiro atoms. The van der Waals surface area contributed by atoms with E-state index in [1.807, 2.05) is 0 Å². The summed E-state index contributed by atoms with van der Waals surface area (Å²) >= 11 is 0. The van der Waals surface area contributed by atoms with E-state index in [9.17, 15) is 34.5 Å². The van der Waals surface area contributed by atoms with Crippen LogP contribution < -0.4 is 0 Å². The van der Waals surface area contributed by atoms with Crippen LogP contribution in [0.25, 0.3) is 0 Å². The number of rotatable bonds is 3. The molecule has 0 amide bonds. The Balaban J connectivity index is 1.81. The first-order valence-corrected chi connectivity index (χ1v) is 11.3. The molecule has 0 aromatic heterocycles. The number of aliphatic hydroxyl groups excluding tert-OH is 2. The fourth-order valence-corrected chi connectivity index (χ4v) is 5.72. The SMILES string of the molecule is CC=CC=CC(O)=C1C(=O)C2(C)C(=O)C(C)(O)C1CC21OC2CC(C(=O)OC)=CC(O)C2OC1=O. The molecule has 1 saturated heterocycles. The smallest absolute Gasteiger partial charge is 0.340 e. The lowest BCUT2D eigenvalue weighted by molar-refractivity contribution is -0.275. The summed E-state index contributed by atoms with van der Waals surface area (Å²) in [7, 11) is 1.18. The lowest BCUT2D eigenvalue weighted by Crippen LogP contribution is -2.79. The second-order valence-corrected chi connectivity index (χ2v) is 9.60. The highest BCUT2D eigenvalue weighted by Gasteiger charge is 2.79. The molecule has 0 aromatic rings. The molecule has 2 bridgehead atoms. The number of Topliss-reactive ketones (excluding diaryl/α,β-unsaturated/α-hetero) is 2. The van der Waals surface area contributed by atoms with Gasteiger partial charge in [-0.2, -0.15) is 0 Å². The summed E-state index contributed by atoms with van der Waals surface area (Å²) in [5, 5.41) is 32.3. The molecule has 188 valence electrons. The normalized spacial score (nSPS) is 42.3. The van der Waals surface area contributed by atoms with Crippen molar-refractivity contribution in [2.45, 2.75) is 63.1 Å². The van der Waals surface area contributed by atoms with Crippen molar-refractivity contribution in [1.82, 2.24) is 0 Å². The highest BCUT2D eigenvalue weighted by molar-refractivity contribution is 6.25. The number of ether oxygens (including phenoxy) is 3. The van der Waals surface area contributed by atoms with Gasteiger partial charge in [-0.25, -0.2) is 9.59 Å². The van der Waals surface area contributed by atoms with Crippen LogP contribution in [0.3, 0.4) is 0 Å². The van der Waals surface area contributed by atoms with Crippen LogP contribution in [0.1, 0.15) is 33.6 Å². The van der Waals surface area contributed by atoms with Crippen molar-refractivity contribution in [3.63, 3.8) is 0 Å². The molecule has 3 N–H and O–H groups in total. The highest BCUT2D eigenvalue weighted by Crippen LogP contribution is 2.61. The van der Waals surface area contributed by atoms with Crippen LogP contribution in [-0.2, 0) is 33.4 Å². The van der Waals surface area contributed by atoms with Gasteiger partial charge in [-0.05, 0) is 39.3 Å². The van der Waals surface area contributed by atoms with Gasteiger partial charge in [0.25, 0.3) is 0 Å². The van der Waals surface area contributed by atoms with Crippen molar-refractivity contribution in [2.75, 3.05) is 7.11 Å². The Morgan fingerprint density at radius 2 is 1.91 bits per heavy atom. The van der Waals surface area contributed by atoms with E-state index in [1.54, 1.807) is 19.1 Å². The van der Waals surface area contributed by atoms with Gasteiger partial charge >= 0.3 is 11.9 Å². The van der Waals surface area contributed by atoms with Crippen molar-refractivity contribution in [3.8, 4) is 0 Å². The molecule has 10 heteroatoms. The van der Waals surface area contributed by atoms with Crippen molar-refractivity contribution >= 4 is 23.5 Å². The number of hydrogen-bond donors (Lipinski definition) is 3. The summed E-state index contributed by atoms with van der Waals surface area (Å²) in [4.78, 5) is 52.7. The molecule has 5 rings (SSSR count). The fraction of sp³-hybridized carbons (Fsp3) is 0.520. The Kier molecular flexibility index (Phi) is 5.90. The van der Waals surface area contributed by atoms with Gasteiger partial charge in [0.2, 0.25) is 0 Å². The Morgan fingerprint density at radius 1 is 1.23 bits per heavy atom. The number of fused-ring (bicyclic) bond motifs is 3. The van der Waals surface area contributed by atoms with Crippen molar-refractivity contribution in [2.24, 2.45) is 11.3 Å². The van der Waals surface area contributed by atoms with E-state index in [2.05, 4.69) is 0 Å². The predicted octanol–water partition coefficient (Wildman–Crippen LogP) is 0.773. The van der Waals surface area contributed by atoms with Crippen molar-refractivity contribution in [3.05, 3.63) is 47.3 Å². The van der Waals surface area contributed by atoms with Gasteiger partial charge in [0.15, 0.2) is 23.3 Å². The summed E-state index contributed by atoms with van der Waals surface area (Å²) in [6.45, 7) is 4.20.